The Bertz CT molecular complexity index is 994. The summed E-state index contributed by atoms with van der Waals surface area (Å²) in [5.74, 6) is -3.07. The van der Waals surface area contributed by atoms with E-state index in [-0.39, 0.29) is 36.7 Å². The molecule has 3 rings (SSSR count). The molecule has 0 aliphatic heterocycles. The van der Waals surface area contributed by atoms with Crippen LogP contribution in [0.4, 0.5) is 14.6 Å². The van der Waals surface area contributed by atoms with Crippen LogP contribution >= 0.6 is 0 Å². The number of ether oxygens (including phenoxy) is 1. The highest BCUT2D eigenvalue weighted by Crippen LogP contribution is 2.26. The second-order valence-corrected chi connectivity index (χ2v) is 5.72. The van der Waals surface area contributed by atoms with Crippen molar-refractivity contribution in [3.63, 3.8) is 0 Å². The summed E-state index contributed by atoms with van der Waals surface area (Å²) in [4.78, 5) is 22.7. The van der Waals surface area contributed by atoms with Gasteiger partial charge in [-0.1, -0.05) is 0 Å². The van der Waals surface area contributed by atoms with Gasteiger partial charge in [0.05, 0.1) is 25.0 Å². The number of nitrogens with zero attached hydrogens (tertiary/aromatic N) is 4. The number of nitrogens with two attached hydrogens (primary N) is 2. The summed E-state index contributed by atoms with van der Waals surface area (Å²) in [7, 11) is 0. The van der Waals surface area contributed by atoms with Crippen LogP contribution in [0.1, 0.15) is 12.0 Å². The predicted molar refractivity (Wildman–Crippen MR) is 90.9 cm³/mol. The highest BCUT2D eigenvalue weighted by molar-refractivity contribution is 5.81. The lowest BCUT2D eigenvalue weighted by atomic mass is 10.1. The lowest BCUT2D eigenvalue weighted by Gasteiger charge is -2.14. The van der Waals surface area contributed by atoms with Crippen LogP contribution in [-0.2, 0) is 11.3 Å². The number of halogens is 2. The molecular formula is C16H16F2N6O3. The Morgan fingerprint density at radius 1 is 1.30 bits per heavy atom. The molecule has 0 radical (unpaired) electrons. The zero-order valence-corrected chi connectivity index (χ0v) is 14.0. The first-order valence-electron chi connectivity index (χ1n) is 7.88. The molecule has 2 aromatic heterocycles. The third kappa shape index (κ3) is 3.77. The fourth-order valence-electron chi connectivity index (χ4n) is 2.46. The lowest BCUT2D eigenvalue weighted by Crippen LogP contribution is -2.31. The normalized spacial score (nSPS) is 12.3. The molecule has 0 aliphatic carbocycles. The first-order chi connectivity index (χ1) is 12.9. The smallest absolute Gasteiger partial charge is 0.320 e. The quantitative estimate of drug-likeness (QED) is 0.551. The van der Waals surface area contributed by atoms with Gasteiger partial charge in [0.1, 0.15) is 23.6 Å². The third-order valence-corrected chi connectivity index (χ3v) is 3.91. The maximum Gasteiger partial charge on any atom is 0.320 e. The van der Waals surface area contributed by atoms with Crippen LogP contribution in [0.3, 0.4) is 0 Å². The number of fused-ring (bicyclic) bond motifs is 1. The maximum absolute atomic E-state index is 14.4. The topological polar surface area (TPSA) is 142 Å². The van der Waals surface area contributed by atoms with E-state index in [2.05, 4.69) is 15.0 Å². The van der Waals surface area contributed by atoms with Crippen LogP contribution < -0.4 is 16.2 Å². The summed E-state index contributed by atoms with van der Waals surface area (Å²) in [6, 6.07) is 1.08. The summed E-state index contributed by atoms with van der Waals surface area (Å²) in [5.41, 5.74) is 11.7. The minimum absolute atomic E-state index is 0.00549. The highest BCUT2D eigenvalue weighted by Gasteiger charge is 2.18. The van der Waals surface area contributed by atoms with E-state index in [1.54, 1.807) is 0 Å². The van der Waals surface area contributed by atoms with Crippen molar-refractivity contribution in [1.29, 1.82) is 0 Å². The SMILES string of the molecule is Nc1ncnc2c1ncn2Cc1c(OCC[C@H](N)C(=O)O)ccc(F)c1F. The first kappa shape index (κ1) is 18.5. The minimum atomic E-state index is -1.17. The molecule has 0 saturated carbocycles. The number of hydrogen-bond donors (Lipinski definition) is 3. The van der Waals surface area contributed by atoms with E-state index < -0.39 is 23.6 Å². The van der Waals surface area contributed by atoms with Gasteiger partial charge in [-0.15, -0.1) is 0 Å². The number of aromatic nitrogens is 4. The van der Waals surface area contributed by atoms with Crippen LogP contribution in [0.25, 0.3) is 11.2 Å². The summed E-state index contributed by atoms with van der Waals surface area (Å²) in [6.45, 7) is -0.206. The molecular weight excluding hydrogens is 362 g/mol. The van der Waals surface area contributed by atoms with Gasteiger partial charge in [-0.25, -0.2) is 23.7 Å². The highest BCUT2D eigenvalue weighted by atomic mass is 19.2. The molecule has 9 nitrogen and oxygen atoms in total. The molecule has 0 bridgehead atoms. The van der Waals surface area contributed by atoms with Crippen molar-refractivity contribution in [3.8, 4) is 5.75 Å². The average molecular weight is 378 g/mol. The molecule has 0 amide bonds. The summed E-state index contributed by atoms with van der Waals surface area (Å²) in [6.07, 6.45) is 2.62. The standard InChI is InChI=1S/C16H16F2N6O3/c17-9-1-2-11(27-4-3-10(19)16(25)26)8(12(9)18)5-24-7-23-13-14(20)21-6-22-15(13)24/h1-2,6-7,10H,3-5,19H2,(H,25,26)(H2,20,21,22)/t10-/m0/s1. The van der Waals surface area contributed by atoms with Gasteiger partial charge in [0.15, 0.2) is 23.1 Å². The second-order valence-electron chi connectivity index (χ2n) is 5.72. The molecule has 27 heavy (non-hydrogen) atoms. The van der Waals surface area contributed by atoms with Crippen LogP contribution in [0.5, 0.6) is 5.75 Å². The van der Waals surface area contributed by atoms with E-state index in [0.717, 1.165) is 6.07 Å². The zero-order chi connectivity index (χ0) is 19.6. The number of carboxylic acid groups (broad SMARTS) is 1. The molecule has 1 atom stereocenters. The second kappa shape index (κ2) is 7.50. The van der Waals surface area contributed by atoms with E-state index in [1.165, 1.54) is 23.3 Å². The lowest BCUT2D eigenvalue weighted by molar-refractivity contribution is -0.138. The number of aliphatic carboxylic acids is 1. The van der Waals surface area contributed by atoms with Crippen molar-refractivity contribution in [1.82, 2.24) is 19.5 Å². The molecule has 0 unspecified atom stereocenters. The number of carboxylic acids is 1. The van der Waals surface area contributed by atoms with E-state index in [0.29, 0.717) is 11.2 Å². The summed E-state index contributed by atoms with van der Waals surface area (Å²) < 4.78 is 35.0. The summed E-state index contributed by atoms with van der Waals surface area (Å²) in [5, 5.41) is 8.79. The molecule has 11 heteroatoms. The van der Waals surface area contributed by atoms with E-state index >= 15 is 0 Å². The minimum Gasteiger partial charge on any atom is -0.493 e. The van der Waals surface area contributed by atoms with Gasteiger partial charge in [0, 0.05) is 6.42 Å². The van der Waals surface area contributed by atoms with Crippen LogP contribution in [0.2, 0.25) is 0 Å². The van der Waals surface area contributed by atoms with E-state index in [4.69, 9.17) is 21.3 Å². The number of hydrogen-bond acceptors (Lipinski definition) is 7. The molecule has 5 N–H and O–H groups in total. The van der Waals surface area contributed by atoms with Crippen molar-refractivity contribution < 1.29 is 23.4 Å². The van der Waals surface area contributed by atoms with E-state index in [1.807, 2.05) is 0 Å². The molecule has 2 heterocycles. The number of nitrogen functional groups attached to an aromatic ring is 1. The Kier molecular flexibility index (Phi) is 5.12. The van der Waals surface area contributed by atoms with Gasteiger partial charge in [-0.3, -0.25) is 4.79 Å². The Morgan fingerprint density at radius 3 is 2.81 bits per heavy atom. The Labute approximate surface area is 151 Å². The number of carbonyl (C=O) groups is 1. The van der Waals surface area contributed by atoms with Gasteiger partial charge >= 0.3 is 5.97 Å². The van der Waals surface area contributed by atoms with E-state index in [9.17, 15) is 13.6 Å². The maximum atomic E-state index is 14.4. The number of anilines is 1. The molecule has 0 spiro atoms. The first-order valence-corrected chi connectivity index (χ1v) is 7.88. The molecule has 0 fully saturated rings. The van der Waals surface area contributed by atoms with Gasteiger partial charge in [-0.05, 0) is 12.1 Å². The Hall–Kier alpha value is -3.34. The van der Waals surface area contributed by atoms with Crippen molar-refractivity contribution >= 4 is 23.0 Å². The van der Waals surface area contributed by atoms with Crippen molar-refractivity contribution in [2.24, 2.45) is 5.73 Å². The monoisotopic (exact) mass is 378 g/mol. The van der Waals surface area contributed by atoms with Crippen molar-refractivity contribution in [3.05, 3.63) is 42.0 Å². The van der Waals surface area contributed by atoms with Gasteiger partial charge in [0.2, 0.25) is 0 Å². The van der Waals surface area contributed by atoms with Gasteiger partial charge in [0.25, 0.3) is 0 Å². The summed E-state index contributed by atoms with van der Waals surface area (Å²) >= 11 is 0. The van der Waals surface area contributed by atoms with Crippen LogP contribution in [-0.4, -0.2) is 43.2 Å². The zero-order valence-electron chi connectivity index (χ0n) is 14.0. The fraction of sp³-hybridized carbons (Fsp3) is 0.250. The van der Waals surface area contributed by atoms with Crippen molar-refractivity contribution in [2.45, 2.75) is 19.0 Å². The number of rotatable bonds is 7. The molecule has 0 saturated heterocycles. The Morgan fingerprint density at radius 2 is 2.07 bits per heavy atom. The van der Waals surface area contributed by atoms with Crippen LogP contribution in [0.15, 0.2) is 24.8 Å². The molecule has 1 aromatic carbocycles. The average Bonchev–Trinajstić information content (AvgIpc) is 3.05. The Balaban J connectivity index is 1.88. The van der Waals surface area contributed by atoms with Crippen LogP contribution in [0, 0.1) is 11.6 Å². The number of benzene rings is 1. The van der Waals surface area contributed by atoms with Gasteiger partial charge < -0.3 is 25.9 Å². The molecule has 142 valence electrons. The number of imidazole rings is 1. The van der Waals surface area contributed by atoms with Gasteiger partial charge in [-0.2, -0.15) is 0 Å². The molecule has 3 aromatic rings. The largest absolute Gasteiger partial charge is 0.493 e. The third-order valence-electron chi connectivity index (χ3n) is 3.91. The predicted octanol–water partition coefficient (Wildman–Crippen LogP) is 0.916. The van der Waals surface area contributed by atoms with Crippen molar-refractivity contribution in [2.75, 3.05) is 12.3 Å². The molecule has 0 aliphatic rings. The fourth-order valence-corrected chi connectivity index (χ4v) is 2.46.